The van der Waals surface area contributed by atoms with Crippen molar-refractivity contribution < 1.29 is 18.8 Å². The lowest BCUT2D eigenvalue weighted by atomic mass is 9.93. The van der Waals surface area contributed by atoms with E-state index in [-0.39, 0.29) is 42.1 Å². The molecule has 0 bridgehead atoms. The monoisotopic (exact) mass is 804 g/mol. The van der Waals surface area contributed by atoms with Crippen molar-refractivity contribution in [1.82, 2.24) is 35.0 Å². The summed E-state index contributed by atoms with van der Waals surface area (Å²) in [4.78, 5) is 59.4. The molecule has 3 aliphatic heterocycles. The van der Waals surface area contributed by atoms with Crippen LogP contribution in [0.2, 0.25) is 0 Å². The number of rotatable bonds is 14. The van der Waals surface area contributed by atoms with Gasteiger partial charge in [-0.05, 0) is 99.6 Å². The van der Waals surface area contributed by atoms with Gasteiger partial charge in [-0.15, -0.1) is 5.10 Å². The molecule has 1 aliphatic carbocycles. The molecule has 12 nitrogen and oxygen atoms in total. The van der Waals surface area contributed by atoms with Crippen LogP contribution in [0.4, 0.5) is 10.1 Å². The highest BCUT2D eigenvalue weighted by molar-refractivity contribution is 5.99. The summed E-state index contributed by atoms with van der Waals surface area (Å²) in [6, 6.07) is 19.9. The van der Waals surface area contributed by atoms with Gasteiger partial charge < -0.3 is 14.7 Å². The van der Waals surface area contributed by atoms with Crippen LogP contribution in [0.5, 0.6) is 0 Å². The fourth-order valence-electron chi connectivity index (χ4n) is 9.89. The zero-order valence-electron chi connectivity index (χ0n) is 34.5. The maximum atomic E-state index is 14.9. The Morgan fingerprint density at radius 3 is 2.36 bits per heavy atom. The fraction of sp³-hybridized carbons (Fsp3) is 0.522. The van der Waals surface area contributed by atoms with Crippen LogP contribution in [0, 0.1) is 5.82 Å². The van der Waals surface area contributed by atoms with Gasteiger partial charge in [-0.25, -0.2) is 4.39 Å². The third-order valence-electron chi connectivity index (χ3n) is 13.3. The third-order valence-corrected chi connectivity index (χ3v) is 13.3. The number of nitrogens with zero attached hydrogens (tertiary/aromatic N) is 7. The number of aromatic nitrogens is 3. The Labute approximate surface area is 345 Å². The summed E-state index contributed by atoms with van der Waals surface area (Å²) in [5.74, 6) is -0.319. The molecule has 0 saturated carbocycles. The standard InChI is InChI=1S/C46H57FN8O4/c1-51(2)41-30-54(39-21-17-33-11-9-12-37(47)44(33)39)29-36(41)32-15-18-34(19-16-32)52-24-26-53(27-25-52)43(57)13-8-6-4-3-5-7-10-31-14-20-38-35(28-31)46(59)55(50-49-38)40-22-23-42(56)48-45(40)58/h9,11-12,14-16,18-20,28,36,39-41H,3-8,10,13,17,21-27,29-30H2,1-2H3,(H,48,56,58)/t36-,39?,40?,41+/m1/s1. The fourth-order valence-corrected chi connectivity index (χ4v) is 9.89. The molecule has 3 fully saturated rings. The molecule has 13 heteroatoms. The molecule has 4 heterocycles. The van der Waals surface area contributed by atoms with Gasteiger partial charge in [0.25, 0.3) is 11.5 Å². The van der Waals surface area contributed by atoms with Crippen molar-refractivity contribution >= 4 is 34.3 Å². The van der Waals surface area contributed by atoms with Gasteiger partial charge >= 0.3 is 0 Å². The van der Waals surface area contributed by atoms with Crippen molar-refractivity contribution in [1.29, 1.82) is 0 Å². The second-order valence-corrected chi connectivity index (χ2v) is 17.2. The van der Waals surface area contributed by atoms with Crippen molar-refractivity contribution in [3.63, 3.8) is 0 Å². The van der Waals surface area contributed by atoms with Crippen molar-refractivity contribution in [2.24, 2.45) is 0 Å². The molecule has 3 aromatic carbocycles. The molecule has 1 aromatic heterocycles. The van der Waals surface area contributed by atoms with Gasteiger partial charge in [0.15, 0.2) is 0 Å². The molecule has 4 atom stereocenters. The van der Waals surface area contributed by atoms with Crippen LogP contribution < -0.4 is 15.8 Å². The number of piperidine rings is 1. The molecule has 0 radical (unpaired) electrons. The van der Waals surface area contributed by atoms with E-state index in [4.69, 9.17) is 0 Å². The average molecular weight is 805 g/mol. The zero-order chi connectivity index (χ0) is 41.0. The van der Waals surface area contributed by atoms with Gasteiger partial charge in [0.2, 0.25) is 11.8 Å². The molecule has 3 amide bonds. The van der Waals surface area contributed by atoms with Crippen molar-refractivity contribution in [2.45, 2.75) is 101 Å². The molecule has 4 aromatic rings. The number of carbonyl (C=O) groups excluding carboxylic acids is 3. The number of hydrogen-bond donors (Lipinski definition) is 1. The number of benzene rings is 3. The molecular weight excluding hydrogens is 748 g/mol. The lowest BCUT2D eigenvalue weighted by Crippen LogP contribution is -2.48. The van der Waals surface area contributed by atoms with E-state index >= 15 is 0 Å². The van der Waals surface area contributed by atoms with Gasteiger partial charge in [-0.2, -0.15) is 4.68 Å². The summed E-state index contributed by atoms with van der Waals surface area (Å²) in [6.07, 6.45) is 9.92. The predicted octanol–water partition coefficient (Wildman–Crippen LogP) is 5.55. The molecule has 8 rings (SSSR count). The van der Waals surface area contributed by atoms with E-state index in [1.165, 1.54) is 11.3 Å². The van der Waals surface area contributed by atoms with Crippen LogP contribution >= 0.6 is 0 Å². The highest BCUT2D eigenvalue weighted by atomic mass is 19.1. The quantitative estimate of drug-likeness (QED) is 0.129. The number of likely N-dealkylation sites (N-methyl/N-ethyl adjacent to an activating group) is 1. The second kappa shape index (κ2) is 18.1. The lowest BCUT2D eigenvalue weighted by Gasteiger charge is -2.36. The van der Waals surface area contributed by atoms with E-state index in [0.717, 1.165) is 118 Å². The number of piperazine rings is 1. The molecule has 59 heavy (non-hydrogen) atoms. The van der Waals surface area contributed by atoms with Crippen molar-refractivity contribution in [3.05, 3.63) is 99.1 Å². The van der Waals surface area contributed by atoms with E-state index in [2.05, 4.69) is 74.8 Å². The molecule has 4 aliphatic rings. The Morgan fingerprint density at radius 1 is 0.847 bits per heavy atom. The van der Waals surface area contributed by atoms with Crippen LogP contribution in [0.15, 0.2) is 65.5 Å². The van der Waals surface area contributed by atoms with Crippen molar-refractivity contribution in [2.75, 3.05) is 58.3 Å². The molecule has 3 saturated heterocycles. The lowest BCUT2D eigenvalue weighted by molar-refractivity contribution is -0.136. The normalized spacial score (nSPS) is 22.4. The Hall–Kier alpha value is -5.01. The topological polar surface area (TPSA) is 124 Å². The first kappa shape index (κ1) is 40.8. The first-order valence-corrected chi connectivity index (χ1v) is 21.7. The number of nitrogens with one attached hydrogen (secondary N) is 1. The Bertz CT molecular complexity index is 2220. The number of fused-ring (bicyclic) bond motifs is 2. The largest absolute Gasteiger partial charge is 0.368 e. The van der Waals surface area contributed by atoms with Gasteiger partial charge in [0.1, 0.15) is 17.4 Å². The number of anilines is 1. The van der Waals surface area contributed by atoms with E-state index in [1.54, 1.807) is 12.1 Å². The number of halogens is 1. The number of unbranched alkanes of at least 4 members (excludes halogenated alkanes) is 5. The molecule has 2 unspecified atom stereocenters. The van der Waals surface area contributed by atoms with Gasteiger partial charge in [0, 0.05) is 81.4 Å². The minimum absolute atomic E-state index is 0.0648. The maximum Gasteiger partial charge on any atom is 0.278 e. The smallest absolute Gasteiger partial charge is 0.278 e. The second-order valence-electron chi connectivity index (χ2n) is 17.2. The van der Waals surface area contributed by atoms with E-state index in [1.807, 2.05) is 23.1 Å². The summed E-state index contributed by atoms with van der Waals surface area (Å²) >= 11 is 0. The van der Waals surface area contributed by atoms with Gasteiger partial charge in [-0.1, -0.05) is 61.2 Å². The predicted molar refractivity (Wildman–Crippen MR) is 226 cm³/mol. The summed E-state index contributed by atoms with van der Waals surface area (Å²) < 4.78 is 16.0. The summed E-state index contributed by atoms with van der Waals surface area (Å²) in [5, 5.41) is 10.8. The zero-order valence-corrected chi connectivity index (χ0v) is 34.5. The number of aryl methyl sites for hydroxylation is 2. The maximum absolute atomic E-state index is 14.9. The minimum atomic E-state index is -0.834. The van der Waals surface area contributed by atoms with E-state index < -0.39 is 11.9 Å². The van der Waals surface area contributed by atoms with Gasteiger partial charge in [0.05, 0.1) is 5.39 Å². The molecular formula is C46H57FN8O4. The Kier molecular flexibility index (Phi) is 12.5. The van der Waals surface area contributed by atoms with E-state index in [9.17, 15) is 23.6 Å². The minimum Gasteiger partial charge on any atom is -0.368 e. The number of amides is 3. The first-order chi connectivity index (χ1) is 28.6. The molecule has 1 N–H and O–H groups in total. The average Bonchev–Trinajstić information content (AvgIpc) is 3.89. The van der Waals surface area contributed by atoms with E-state index in [0.29, 0.717) is 29.3 Å². The summed E-state index contributed by atoms with van der Waals surface area (Å²) in [6.45, 7) is 5.00. The van der Waals surface area contributed by atoms with Crippen LogP contribution in [0.25, 0.3) is 10.9 Å². The van der Waals surface area contributed by atoms with Crippen LogP contribution in [-0.2, 0) is 27.2 Å². The van der Waals surface area contributed by atoms with Gasteiger partial charge in [-0.3, -0.25) is 29.4 Å². The summed E-state index contributed by atoms with van der Waals surface area (Å²) in [7, 11) is 4.31. The third kappa shape index (κ3) is 8.96. The first-order valence-electron chi connectivity index (χ1n) is 21.7. The number of imide groups is 1. The highest BCUT2D eigenvalue weighted by Gasteiger charge is 2.41. The molecule has 0 spiro atoms. The summed E-state index contributed by atoms with van der Waals surface area (Å²) in [5.41, 5.74) is 5.76. The highest BCUT2D eigenvalue weighted by Crippen LogP contribution is 2.42. The number of hydrogen-bond acceptors (Lipinski definition) is 9. The SMILES string of the molecule is CN(C)[C@H]1CN(C2CCc3cccc(F)c32)C[C@@H]1c1ccc(N2CCN(C(=O)CCCCCCCCc3ccc4nnn(C5CCC(=O)NC5=O)c(=O)c4c3)CC2)cc1. The van der Waals surface area contributed by atoms with Crippen LogP contribution in [-0.4, -0.2) is 107 Å². The Balaban J connectivity index is 0.733. The van der Waals surface area contributed by atoms with Crippen molar-refractivity contribution in [3.8, 4) is 0 Å². The van der Waals surface area contributed by atoms with Crippen LogP contribution in [0.3, 0.4) is 0 Å². The molecule has 312 valence electrons. The number of likely N-dealkylation sites (tertiary alicyclic amines) is 1. The van der Waals surface area contributed by atoms with Crippen LogP contribution in [0.1, 0.15) is 104 Å². The number of carbonyl (C=O) groups is 3. The Morgan fingerprint density at radius 2 is 1.59 bits per heavy atom.